The second-order valence-electron chi connectivity index (χ2n) is 15.6. The van der Waals surface area contributed by atoms with Gasteiger partial charge in [-0.15, -0.1) is 0 Å². The highest BCUT2D eigenvalue weighted by Crippen LogP contribution is 2.48. The van der Waals surface area contributed by atoms with Crippen molar-refractivity contribution in [3.05, 3.63) is 48.3 Å². The molecule has 0 saturated carbocycles. The van der Waals surface area contributed by atoms with Crippen LogP contribution in [0, 0.1) is 6.08 Å². The van der Waals surface area contributed by atoms with Crippen molar-refractivity contribution in [2.75, 3.05) is 32.2 Å². The number of esters is 2. The molecule has 59 heavy (non-hydrogen) atoms. The Kier molecular flexibility index (Phi) is 20.6. The molecular weight excluding hydrogens is 782 g/mol. The van der Waals surface area contributed by atoms with Gasteiger partial charge in [-0.3, -0.25) is 18.4 Å². The summed E-state index contributed by atoms with van der Waals surface area (Å²) in [5.74, 6) is -1.57. The van der Waals surface area contributed by atoms with Crippen molar-refractivity contribution in [1.82, 2.24) is 24.6 Å². The maximum atomic E-state index is 14.6. The zero-order chi connectivity index (χ0) is 42.5. The Morgan fingerprint density at radius 2 is 1.53 bits per heavy atom. The van der Waals surface area contributed by atoms with Crippen LogP contribution in [0.25, 0.3) is 11.2 Å². The van der Waals surface area contributed by atoms with Crippen molar-refractivity contribution in [3.63, 3.8) is 0 Å². The van der Waals surface area contributed by atoms with Gasteiger partial charge in [0.1, 0.15) is 17.9 Å². The number of ether oxygens (including phenoxy) is 3. The highest BCUT2D eigenvalue weighted by molar-refractivity contribution is 7.51. The molecule has 17 heteroatoms. The lowest BCUT2D eigenvalue weighted by atomic mass is 10.0. The fourth-order valence-corrected chi connectivity index (χ4v) is 8.46. The zero-order valence-electron chi connectivity index (χ0n) is 35.2. The lowest BCUT2D eigenvalue weighted by molar-refractivity contribution is -0.146. The molecule has 0 radical (unpaired) electrons. The van der Waals surface area contributed by atoms with Gasteiger partial charge in [-0.25, -0.2) is 19.4 Å². The summed E-state index contributed by atoms with van der Waals surface area (Å²) in [6.45, 7) is 5.04. The van der Waals surface area contributed by atoms with E-state index in [1.165, 1.54) is 62.3 Å². The Bertz CT molecular complexity index is 1750. The minimum absolute atomic E-state index is 0.00218. The Hall–Kier alpha value is -3.53. The van der Waals surface area contributed by atoms with Gasteiger partial charge < -0.3 is 25.1 Å². The number of aliphatic hydroxyl groups is 1. The van der Waals surface area contributed by atoms with Gasteiger partial charge in [0.15, 0.2) is 23.6 Å². The third-order valence-electron chi connectivity index (χ3n) is 10.5. The molecule has 0 amide bonds. The van der Waals surface area contributed by atoms with Crippen LogP contribution < -0.4 is 10.8 Å². The quantitative estimate of drug-likeness (QED) is 0.0250. The second kappa shape index (κ2) is 25.3. The summed E-state index contributed by atoms with van der Waals surface area (Å²) in [6.07, 6.45) is 15.5. The molecular formula is C42H66FN6O9P. The maximum absolute atomic E-state index is 14.6. The number of unbranched alkanes of at least 4 members (excludes halogenated alkanes) is 14. The third-order valence-corrected chi connectivity index (χ3v) is 12.1. The minimum atomic E-state index is -4.55. The van der Waals surface area contributed by atoms with E-state index in [1.54, 1.807) is 6.92 Å². The van der Waals surface area contributed by atoms with Crippen molar-refractivity contribution in [2.45, 2.75) is 160 Å². The molecule has 15 nitrogen and oxygen atoms in total. The molecule has 1 unspecified atom stereocenters. The number of fused-ring (bicyclic) bond motifs is 1. The smallest absolute Gasteiger partial charge is 0.406 e. The standard InChI is InChI=1S/C42H66FN6O9P/c1-4-6-8-10-12-14-16-21-25-54-36(51)29-56-59(53,48-33(27-32-23-19-18-20-24-32)40(52)55-26-22-17-15-13-11-9-7-5-2)57-30-42(3)34(50)28-35(58-42)49-31-45-37-38(44)46-41(43)47-39(37)49/h18-20,23-24,31,33-35,50H,4-17,21-22,25-30H2,1-3H3,(H,48,53)(H2,44,46,47)/t33-,34-,35+,42+,59?/m0/s1. The number of hydrogen-bond donors (Lipinski definition) is 3. The summed E-state index contributed by atoms with van der Waals surface area (Å²) in [6, 6.07) is 7.93. The van der Waals surface area contributed by atoms with E-state index < -0.39 is 63.0 Å². The third kappa shape index (κ3) is 16.1. The number of halogens is 1. The van der Waals surface area contributed by atoms with Crippen LogP contribution in [0.3, 0.4) is 0 Å². The van der Waals surface area contributed by atoms with Gasteiger partial charge >= 0.3 is 25.8 Å². The number of aromatic nitrogens is 4. The van der Waals surface area contributed by atoms with E-state index in [4.69, 9.17) is 29.0 Å². The number of carbonyl (C=O) groups is 2. The van der Waals surface area contributed by atoms with E-state index in [2.05, 4.69) is 33.9 Å². The number of nitrogens with two attached hydrogens (primary N) is 1. The number of rotatable bonds is 30. The largest absolute Gasteiger partial charge is 0.465 e. The van der Waals surface area contributed by atoms with Crippen molar-refractivity contribution in [3.8, 4) is 0 Å². The van der Waals surface area contributed by atoms with Crippen LogP contribution in [0.15, 0.2) is 36.7 Å². The van der Waals surface area contributed by atoms with E-state index in [9.17, 15) is 23.7 Å². The van der Waals surface area contributed by atoms with Crippen molar-refractivity contribution >= 4 is 36.7 Å². The number of carbonyl (C=O) groups excluding carboxylic acids is 2. The van der Waals surface area contributed by atoms with Crippen molar-refractivity contribution in [2.24, 2.45) is 0 Å². The number of nitrogen functional groups attached to an aromatic ring is 1. The molecule has 1 aliphatic heterocycles. The molecule has 1 aliphatic rings. The van der Waals surface area contributed by atoms with Crippen molar-refractivity contribution in [1.29, 1.82) is 0 Å². The maximum Gasteiger partial charge on any atom is 0.406 e. The average Bonchev–Trinajstić information content (AvgIpc) is 3.78. The second-order valence-corrected chi connectivity index (χ2v) is 17.4. The first-order valence-corrected chi connectivity index (χ1v) is 23.1. The molecule has 1 aromatic carbocycles. The van der Waals surface area contributed by atoms with Crippen LogP contribution in [-0.4, -0.2) is 80.7 Å². The predicted octanol–water partition coefficient (Wildman–Crippen LogP) is 8.30. The summed E-state index contributed by atoms with van der Waals surface area (Å²) in [5, 5.41) is 14.0. The lowest BCUT2D eigenvalue weighted by Gasteiger charge is -2.30. The number of benzene rings is 1. The molecule has 3 heterocycles. The molecule has 5 atom stereocenters. The monoisotopic (exact) mass is 848 g/mol. The SMILES string of the molecule is CCCCCCCCCCOC(=O)COP(=O)(N[C@@H](Cc1ccccc1)C(=O)OCCCCCCCCCC)OC[C@@]1(C)O[C@@H](n2cnc3c(N)nc(F)nc32)C[C@@H]1O. The summed E-state index contributed by atoms with van der Waals surface area (Å²) in [4.78, 5) is 38.0. The van der Waals surface area contributed by atoms with Gasteiger partial charge in [0.2, 0.25) is 0 Å². The molecule has 0 aliphatic carbocycles. The summed E-state index contributed by atoms with van der Waals surface area (Å²) < 4.78 is 59.1. The van der Waals surface area contributed by atoms with E-state index >= 15 is 0 Å². The highest BCUT2D eigenvalue weighted by atomic mass is 31.2. The van der Waals surface area contributed by atoms with Crippen LogP contribution in [0.4, 0.5) is 10.2 Å². The van der Waals surface area contributed by atoms with Gasteiger partial charge in [0.25, 0.3) is 0 Å². The summed E-state index contributed by atoms with van der Waals surface area (Å²) in [5.41, 5.74) is 5.31. The first-order chi connectivity index (χ1) is 28.5. The van der Waals surface area contributed by atoms with Gasteiger partial charge in [0, 0.05) is 6.42 Å². The average molecular weight is 849 g/mol. The number of anilines is 1. The first kappa shape index (κ1) is 48.1. The lowest BCUT2D eigenvalue weighted by Crippen LogP contribution is -2.43. The van der Waals surface area contributed by atoms with Crippen LogP contribution >= 0.6 is 7.75 Å². The zero-order valence-corrected chi connectivity index (χ0v) is 36.1. The van der Waals surface area contributed by atoms with E-state index in [-0.39, 0.29) is 43.0 Å². The molecule has 4 N–H and O–H groups in total. The Morgan fingerprint density at radius 3 is 2.15 bits per heavy atom. The number of hydrogen-bond acceptors (Lipinski definition) is 13. The fraction of sp³-hybridized carbons (Fsp3) is 0.690. The molecule has 330 valence electrons. The normalized spacial score (nSPS) is 19.5. The Labute approximate surface area is 348 Å². The molecule has 0 bridgehead atoms. The van der Waals surface area contributed by atoms with Gasteiger partial charge in [-0.1, -0.05) is 134 Å². The van der Waals surface area contributed by atoms with E-state index in [0.717, 1.165) is 44.1 Å². The summed E-state index contributed by atoms with van der Waals surface area (Å²) >= 11 is 0. The molecule has 0 spiro atoms. The molecule has 2 aromatic heterocycles. The minimum Gasteiger partial charge on any atom is -0.465 e. The molecule has 1 fully saturated rings. The number of nitrogens with one attached hydrogen (secondary N) is 1. The van der Waals surface area contributed by atoms with Crippen molar-refractivity contribution < 1.29 is 46.9 Å². The topological polar surface area (TPSA) is 199 Å². The van der Waals surface area contributed by atoms with E-state index in [0.29, 0.717) is 12.8 Å². The Morgan fingerprint density at radius 1 is 0.932 bits per heavy atom. The first-order valence-electron chi connectivity index (χ1n) is 21.5. The fourth-order valence-electron chi connectivity index (χ4n) is 6.96. The molecule has 1 saturated heterocycles. The van der Waals surface area contributed by atoms with E-state index in [1.807, 2.05) is 30.3 Å². The molecule has 4 rings (SSSR count). The Balaban J connectivity index is 1.43. The van der Waals surface area contributed by atoms with Gasteiger partial charge in [0.05, 0.1) is 32.3 Å². The van der Waals surface area contributed by atoms with Gasteiger partial charge in [-0.2, -0.15) is 14.4 Å². The van der Waals surface area contributed by atoms with Crippen LogP contribution in [0.5, 0.6) is 0 Å². The van der Waals surface area contributed by atoms with Gasteiger partial charge in [-0.05, 0) is 31.7 Å². The molecule has 3 aromatic rings. The number of aliphatic hydroxyl groups excluding tert-OH is 1. The number of nitrogens with zero attached hydrogens (tertiary/aromatic N) is 4. The van der Waals surface area contributed by atoms with Crippen LogP contribution in [0.1, 0.15) is 142 Å². The summed E-state index contributed by atoms with van der Waals surface area (Å²) in [7, 11) is -4.55. The van der Waals surface area contributed by atoms with Crippen LogP contribution in [-0.2, 0) is 43.8 Å². The number of imidazole rings is 1. The highest BCUT2D eigenvalue weighted by Gasteiger charge is 2.48. The predicted molar refractivity (Wildman–Crippen MR) is 223 cm³/mol. The van der Waals surface area contributed by atoms with Crippen LogP contribution in [0.2, 0.25) is 0 Å².